The van der Waals surface area contributed by atoms with E-state index >= 15 is 0 Å². The lowest BCUT2D eigenvalue weighted by Gasteiger charge is -2.19. The highest BCUT2D eigenvalue weighted by molar-refractivity contribution is 5.81. The first-order valence-electron chi connectivity index (χ1n) is 11.8. The molecule has 0 aromatic carbocycles. The number of hydrogen-bond donors (Lipinski definition) is 3. The number of nitrogens with one attached hydrogen (secondary N) is 2. The molecule has 0 saturated carbocycles. The first kappa shape index (κ1) is 27.7. The second kappa shape index (κ2) is 17.5. The molecule has 4 N–H and O–H groups in total. The number of rotatable bonds is 17. The Labute approximate surface area is 179 Å². The van der Waals surface area contributed by atoms with E-state index in [9.17, 15) is 9.59 Å². The van der Waals surface area contributed by atoms with Gasteiger partial charge in [-0.1, -0.05) is 64.7 Å². The third kappa shape index (κ3) is 19.8. The summed E-state index contributed by atoms with van der Waals surface area (Å²) >= 11 is 0. The average molecular weight is 414 g/mol. The molecule has 6 nitrogen and oxygen atoms in total. The molecule has 0 saturated heterocycles. The molecule has 0 fully saturated rings. The lowest BCUT2D eigenvalue weighted by molar-refractivity contribution is -0.122. The van der Waals surface area contributed by atoms with Crippen LogP contribution in [0.5, 0.6) is 0 Å². The number of hydrogen-bond acceptors (Lipinski definition) is 4. The van der Waals surface area contributed by atoms with E-state index in [1.807, 2.05) is 20.8 Å². The molecule has 0 bridgehead atoms. The predicted molar refractivity (Wildman–Crippen MR) is 121 cm³/mol. The van der Waals surface area contributed by atoms with Gasteiger partial charge in [-0.15, -0.1) is 0 Å². The number of nitrogens with two attached hydrogens (primary N) is 1. The molecule has 0 aliphatic rings. The van der Waals surface area contributed by atoms with Crippen LogP contribution >= 0.6 is 0 Å². The smallest absolute Gasteiger partial charge is 0.407 e. The highest BCUT2D eigenvalue weighted by Gasteiger charge is 2.16. The molecule has 0 aliphatic heterocycles. The van der Waals surface area contributed by atoms with Crippen LogP contribution in [0.3, 0.4) is 0 Å². The van der Waals surface area contributed by atoms with Crippen LogP contribution in [-0.4, -0.2) is 36.7 Å². The van der Waals surface area contributed by atoms with Crippen molar-refractivity contribution in [3.8, 4) is 0 Å². The zero-order valence-electron chi connectivity index (χ0n) is 19.5. The largest absolute Gasteiger partial charge is 0.444 e. The molecule has 0 radical (unpaired) electrons. The molecule has 0 aromatic rings. The second-order valence-electron chi connectivity index (χ2n) is 9.00. The molecule has 29 heavy (non-hydrogen) atoms. The van der Waals surface area contributed by atoms with Crippen molar-refractivity contribution in [2.75, 3.05) is 13.1 Å². The fraction of sp³-hybridized carbons (Fsp3) is 0.913. The van der Waals surface area contributed by atoms with E-state index in [4.69, 9.17) is 10.5 Å². The Bertz CT molecular complexity index is 422. The van der Waals surface area contributed by atoms with E-state index in [0.29, 0.717) is 19.5 Å². The standard InChI is InChI=1S/C23H47N3O3/c1-5-6-7-8-9-10-11-12-13-15-18-25-21(27)20(24)17-14-16-19-26-22(28)29-23(2,3)4/h20H,5-19,24H2,1-4H3,(H,25,27)(H,26,28). The van der Waals surface area contributed by atoms with Crippen molar-refractivity contribution in [2.24, 2.45) is 5.73 Å². The number of carbonyl (C=O) groups is 2. The molecule has 0 aromatic heterocycles. The van der Waals surface area contributed by atoms with E-state index in [1.54, 1.807) is 0 Å². The molecular weight excluding hydrogens is 366 g/mol. The molecule has 1 atom stereocenters. The van der Waals surface area contributed by atoms with Crippen molar-refractivity contribution in [3.63, 3.8) is 0 Å². The second-order valence-corrected chi connectivity index (χ2v) is 9.00. The molecule has 2 amide bonds. The van der Waals surface area contributed by atoms with E-state index in [1.165, 1.54) is 57.8 Å². The van der Waals surface area contributed by atoms with E-state index in [0.717, 1.165) is 19.3 Å². The van der Waals surface area contributed by atoms with Crippen molar-refractivity contribution in [3.05, 3.63) is 0 Å². The highest BCUT2D eigenvalue weighted by atomic mass is 16.6. The maximum Gasteiger partial charge on any atom is 0.407 e. The summed E-state index contributed by atoms with van der Waals surface area (Å²) in [6.07, 6.45) is 14.7. The van der Waals surface area contributed by atoms with Crippen molar-refractivity contribution < 1.29 is 14.3 Å². The zero-order chi connectivity index (χ0) is 22.0. The van der Waals surface area contributed by atoms with E-state index < -0.39 is 17.7 Å². The number of alkyl carbamates (subject to hydrolysis) is 1. The predicted octanol–water partition coefficient (Wildman–Crippen LogP) is 5.05. The minimum atomic E-state index is -0.487. The maximum atomic E-state index is 12.0. The minimum Gasteiger partial charge on any atom is -0.444 e. The van der Waals surface area contributed by atoms with Gasteiger partial charge in [-0.05, 0) is 46.5 Å². The van der Waals surface area contributed by atoms with Crippen LogP contribution < -0.4 is 16.4 Å². The van der Waals surface area contributed by atoms with Crippen molar-refractivity contribution >= 4 is 12.0 Å². The number of ether oxygens (including phenoxy) is 1. The summed E-state index contributed by atoms with van der Waals surface area (Å²) in [5, 5.41) is 5.65. The monoisotopic (exact) mass is 413 g/mol. The molecule has 6 heteroatoms. The van der Waals surface area contributed by atoms with Crippen molar-refractivity contribution in [1.29, 1.82) is 0 Å². The van der Waals surface area contributed by atoms with Gasteiger partial charge in [0.1, 0.15) is 5.60 Å². The van der Waals surface area contributed by atoms with Gasteiger partial charge in [0.2, 0.25) is 5.91 Å². The van der Waals surface area contributed by atoms with Crippen LogP contribution in [0.25, 0.3) is 0 Å². The molecular formula is C23H47N3O3. The SMILES string of the molecule is CCCCCCCCCCCCNC(=O)C(N)CCCCNC(=O)OC(C)(C)C. The molecule has 0 aliphatic carbocycles. The molecule has 0 spiro atoms. The van der Waals surface area contributed by atoms with Gasteiger partial charge in [-0.2, -0.15) is 0 Å². The number of amides is 2. The van der Waals surface area contributed by atoms with Gasteiger partial charge >= 0.3 is 6.09 Å². The van der Waals surface area contributed by atoms with E-state index in [-0.39, 0.29) is 5.91 Å². The number of unbranched alkanes of at least 4 members (excludes halogenated alkanes) is 10. The summed E-state index contributed by atoms with van der Waals surface area (Å²) in [4.78, 5) is 23.5. The Morgan fingerprint density at radius 3 is 1.83 bits per heavy atom. The molecule has 172 valence electrons. The van der Waals surface area contributed by atoms with Crippen LogP contribution in [0.2, 0.25) is 0 Å². The summed E-state index contributed by atoms with van der Waals surface area (Å²) < 4.78 is 5.17. The van der Waals surface area contributed by atoms with Gasteiger partial charge in [0.05, 0.1) is 6.04 Å². The van der Waals surface area contributed by atoms with Gasteiger partial charge in [-0.3, -0.25) is 4.79 Å². The van der Waals surface area contributed by atoms with Crippen molar-refractivity contribution in [2.45, 2.75) is 123 Å². The van der Waals surface area contributed by atoms with Gasteiger partial charge in [-0.25, -0.2) is 4.79 Å². The fourth-order valence-corrected chi connectivity index (χ4v) is 3.08. The lowest BCUT2D eigenvalue weighted by Crippen LogP contribution is -2.41. The van der Waals surface area contributed by atoms with Gasteiger partial charge < -0.3 is 21.1 Å². The summed E-state index contributed by atoms with van der Waals surface area (Å²) in [5.41, 5.74) is 5.46. The van der Waals surface area contributed by atoms with Crippen LogP contribution in [0.1, 0.15) is 111 Å². The van der Waals surface area contributed by atoms with Crippen LogP contribution in [0.4, 0.5) is 4.79 Å². The molecule has 1 unspecified atom stereocenters. The first-order chi connectivity index (χ1) is 13.8. The van der Waals surface area contributed by atoms with Gasteiger partial charge in [0, 0.05) is 13.1 Å². The Kier molecular flexibility index (Phi) is 16.8. The maximum absolute atomic E-state index is 12.0. The Morgan fingerprint density at radius 2 is 1.28 bits per heavy atom. The van der Waals surface area contributed by atoms with Crippen molar-refractivity contribution in [1.82, 2.24) is 10.6 Å². The fourth-order valence-electron chi connectivity index (χ4n) is 3.08. The third-order valence-electron chi connectivity index (χ3n) is 4.78. The topological polar surface area (TPSA) is 93.5 Å². The normalized spacial score (nSPS) is 12.4. The Balaban J connectivity index is 3.49. The highest BCUT2D eigenvalue weighted by Crippen LogP contribution is 2.10. The molecule has 0 heterocycles. The van der Waals surface area contributed by atoms with E-state index in [2.05, 4.69) is 17.6 Å². The summed E-state index contributed by atoms with van der Waals surface area (Å²) in [6, 6.07) is -0.473. The average Bonchev–Trinajstić information content (AvgIpc) is 2.64. The van der Waals surface area contributed by atoms with Crippen LogP contribution in [-0.2, 0) is 9.53 Å². The van der Waals surface area contributed by atoms with Gasteiger partial charge in [0.25, 0.3) is 0 Å². The Morgan fingerprint density at radius 1 is 0.793 bits per heavy atom. The van der Waals surface area contributed by atoms with Crippen LogP contribution in [0, 0.1) is 0 Å². The number of carbonyl (C=O) groups excluding carboxylic acids is 2. The summed E-state index contributed by atoms with van der Waals surface area (Å²) in [6.45, 7) is 8.99. The summed E-state index contributed by atoms with van der Waals surface area (Å²) in [5.74, 6) is -0.0685. The lowest BCUT2D eigenvalue weighted by atomic mass is 10.1. The third-order valence-corrected chi connectivity index (χ3v) is 4.78. The Hall–Kier alpha value is -1.30. The van der Waals surface area contributed by atoms with Gasteiger partial charge in [0.15, 0.2) is 0 Å². The zero-order valence-corrected chi connectivity index (χ0v) is 19.5. The summed E-state index contributed by atoms with van der Waals surface area (Å²) in [7, 11) is 0. The quantitative estimate of drug-likeness (QED) is 0.291. The first-order valence-corrected chi connectivity index (χ1v) is 11.8. The van der Waals surface area contributed by atoms with Crippen LogP contribution in [0.15, 0.2) is 0 Å². The molecule has 0 rings (SSSR count). The minimum absolute atomic E-state index is 0.0685.